The first-order chi connectivity index (χ1) is 12.0. The molecular formula is C19H22N2O3S. The number of hydrogen-bond acceptors (Lipinski definition) is 3. The zero-order valence-electron chi connectivity index (χ0n) is 14.2. The molecule has 2 aromatic rings. The van der Waals surface area contributed by atoms with Crippen molar-refractivity contribution in [1.29, 1.82) is 0 Å². The molecule has 2 heterocycles. The van der Waals surface area contributed by atoms with E-state index in [0.29, 0.717) is 17.2 Å². The van der Waals surface area contributed by atoms with Crippen LogP contribution in [0.4, 0.5) is 0 Å². The third-order valence-corrected chi connectivity index (χ3v) is 5.15. The van der Waals surface area contributed by atoms with E-state index in [1.54, 1.807) is 19.2 Å². The largest absolute Gasteiger partial charge is 0.322 e. The summed E-state index contributed by atoms with van der Waals surface area (Å²) >= 11 is -1.90. The summed E-state index contributed by atoms with van der Waals surface area (Å²) in [7, 11) is 0. The van der Waals surface area contributed by atoms with Crippen LogP contribution in [0.2, 0.25) is 0 Å². The van der Waals surface area contributed by atoms with Crippen molar-refractivity contribution in [3.63, 3.8) is 0 Å². The lowest BCUT2D eigenvalue weighted by molar-refractivity contribution is 0.563. The standard InChI is InChI=1S/C19H22N2O3S/c1-13-6-9-18(21-19(13)22)17(10-14-4-2-3-5-14)15-7-8-16(20-11-15)12-25(23)24/h6-11,14H,2-5,12H2,1H3,(H,21,22)(H,23,24)/b17-10+. The maximum absolute atomic E-state index is 12.0. The van der Waals surface area contributed by atoms with Gasteiger partial charge in [0, 0.05) is 28.6 Å². The summed E-state index contributed by atoms with van der Waals surface area (Å²) in [5.41, 5.74) is 3.81. The van der Waals surface area contributed by atoms with Gasteiger partial charge in [0.1, 0.15) is 0 Å². The van der Waals surface area contributed by atoms with E-state index in [4.69, 9.17) is 4.55 Å². The Morgan fingerprint density at radius 3 is 2.68 bits per heavy atom. The van der Waals surface area contributed by atoms with Crippen molar-refractivity contribution >= 4 is 16.7 Å². The average molecular weight is 358 g/mol. The zero-order valence-corrected chi connectivity index (χ0v) is 15.0. The third kappa shape index (κ3) is 4.52. The molecule has 1 saturated carbocycles. The molecule has 5 nitrogen and oxygen atoms in total. The first-order valence-corrected chi connectivity index (χ1v) is 9.75. The quantitative estimate of drug-likeness (QED) is 0.802. The van der Waals surface area contributed by atoms with Crippen LogP contribution in [0.1, 0.15) is 48.2 Å². The Labute approximate surface area is 149 Å². The summed E-state index contributed by atoms with van der Waals surface area (Å²) in [6, 6.07) is 7.41. The highest BCUT2D eigenvalue weighted by Gasteiger charge is 2.16. The van der Waals surface area contributed by atoms with Crippen LogP contribution >= 0.6 is 0 Å². The number of nitrogens with one attached hydrogen (secondary N) is 1. The van der Waals surface area contributed by atoms with Crippen LogP contribution in [0.25, 0.3) is 5.57 Å². The monoisotopic (exact) mass is 358 g/mol. The third-order valence-electron chi connectivity index (χ3n) is 4.61. The molecule has 2 N–H and O–H groups in total. The predicted molar refractivity (Wildman–Crippen MR) is 99.5 cm³/mol. The van der Waals surface area contributed by atoms with Gasteiger partial charge in [-0.05, 0) is 37.8 Å². The smallest absolute Gasteiger partial charge is 0.251 e. The molecule has 0 saturated heterocycles. The summed E-state index contributed by atoms with van der Waals surface area (Å²) in [6.07, 6.45) is 8.73. The summed E-state index contributed by atoms with van der Waals surface area (Å²) in [5, 5.41) is 0. The van der Waals surface area contributed by atoms with Gasteiger partial charge in [-0.15, -0.1) is 0 Å². The van der Waals surface area contributed by atoms with Gasteiger partial charge in [-0.3, -0.25) is 9.78 Å². The first-order valence-electron chi connectivity index (χ1n) is 8.48. The number of aryl methyl sites for hydroxylation is 1. The van der Waals surface area contributed by atoms with Gasteiger partial charge >= 0.3 is 0 Å². The van der Waals surface area contributed by atoms with Gasteiger partial charge in [0.05, 0.1) is 11.4 Å². The van der Waals surface area contributed by atoms with E-state index in [1.807, 2.05) is 18.2 Å². The van der Waals surface area contributed by atoms with Crippen molar-refractivity contribution in [1.82, 2.24) is 9.97 Å². The lowest BCUT2D eigenvalue weighted by atomic mass is 9.96. The van der Waals surface area contributed by atoms with Gasteiger partial charge in [-0.25, -0.2) is 4.21 Å². The highest BCUT2D eigenvalue weighted by molar-refractivity contribution is 7.78. The van der Waals surface area contributed by atoms with E-state index >= 15 is 0 Å². The first kappa shape index (κ1) is 17.8. The molecule has 25 heavy (non-hydrogen) atoms. The van der Waals surface area contributed by atoms with Crippen LogP contribution < -0.4 is 5.56 Å². The Kier molecular flexibility index (Phi) is 5.60. The van der Waals surface area contributed by atoms with Crippen molar-refractivity contribution < 1.29 is 8.76 Å². The molecule has 1 aliphatic carbocycles. The molecule has 6 heteroatoms. The normalized spacial score (nSPS) is 17.0. The second-order valence-electron chi connectivity index (χ2n) is 6.51. The molecule has 1 unspecified atom stereocenters. The van der Waals surface area contributed by atoms with Crippen molar-refractivity contribution in [2.45, 2.75) is 38.4 Å². The number of hydrogen-bond donors (Lipinski definition) is 2. The number of aromatic amines is 1. The fourth-order valence-corrected chi connectivity index (χ4v) is 3.62. The van der Waals surface area contributed by atoms with Crippen LogP contribution in [0.3, 0.4) is 0 Å². The Balaban J connectivity index is 1.99. The summed E-state index contributed by atoms with van der Waals surface area (Å²) in [4.78, 5) is 19.3. The van der Waals surface area contributed by atoms with Gasteiger partial charge in [-0.1, -0.05) is 31.1 Å². The lowest BCUT2D eigenvalue weighted by Gasteiger charge is -2.12. The second kappa shape index (κ2) is 7.89. The lowest BCUT2D eigenvalue weighted by Crippen LogP contribution is -2.11. The van der Waals surface area contributed by atoms with E-state index in [9.17, 15) is 9.00 Å². The van der Waals surface area contributed by atoms with Crippen molar-refractivity contribution in [3.05, 3.63) is 69.4 Å². The molecule has 0 amide bonds. The van der Waals surface area contributed by atoms with E-state index in [-0.39, 0.29) is 11.3 Å². The highest BCUT2D eigenvalue weighted by Crippen LogP contribution is 2.31. The minimum Gasteiger partial charge on any atom is -0.322 e. The van der Waals surface area contributed by atoms with E-state index < -0.39 is 11.1 Å². The van der Waals surface area contributed by atoms with Crippen molar-refractivity contribution in [3.8, 4) is 0 Å². The van der Waals surface area contributed by atoms with E-state index in [1.165, 1.54) is 12.8 Å². The summed E-state index contributed by atoms with van der Waals surface area (Å²) in [5.74, 6) is 0.521. The van der Waals surface area contributed by atoms with Crippen molar-refractivity contribution in [2.24, 2.45) is 5.92 Å². The Morgan fingerprint density at radius 2 is 2.08 bits per heavy atom. The molecule has 0 aromatic carbocycles. The Hall–Kier alpha value is -2.05. The van der Waals surface area contributed by atoms with E-state index in [2.05, 4.69) is 16.0 Å². The predicted octanol–water partition coefficient (Wildman–Crippen LogP) is 3.42. The highest BCUT2D eigenvalue weighted by atomic mass is 32.2. The summed E-state index contributed by atoms with van der Waals surface area (Å²) in [6.45, 7) is 1.79. The van der Waals surface area contributed by atoms with Gasteiger partial charge in [0.15, 0.2) is 11.1 Å². The molecule has 1 atom stereocenters. The number of rotatable bonds is 5. The fourth-order valence-electron chi connectivity index (χ4n) is 3.20. The molecule has 0 radical (unpaired) electrons. The molecule has 1 fully saturated rings. The van der Waals surface area contributed by atoms with Crippen LogP contribution in [0.15, 0.2) is 41.3 Å². The average Bonchev–Trinajstić information content (AvgIpc) is 3.09. The van der Waals surface area contributed by atoms with Gasteiger partial charge in [0.2, 0.25) is 0 Å². The molecule has 0 bridgehead atoms. The van der Waals surface area contributed by atoms with Crippen LogP contribution in [-0.4, -0.2) is 18.7 Å². The van der Waals surface area contributed by atoms with E-state index in [0.717, 1.165) is 29.7 Å². The number of H-pyrrole nitrogens is 1. The second-order valence-corrected chi connectivity index (χ2v) is 7.44. The van der Waals surface area contributed by atoms with Gasteiger partial charge < -0.3 is 9.54 Å². The van der Waals surface area contributed by atoms with Gasteiger partial charge in [0.25, 0.3) is 5.56 Å². The Bertz CT molecular complexity index is 850. The number of pyridine rings is 2. The summed E-state index contributed by atoms with van der Waals surface area (Å²) < 4.78 is 19.9. The Morgan fingerprint density at radius 1 is 1.32 bits per heavy atom. The number of nitrogens with zero attached hydrogens (tertiary/aromatic N) is 1. The molecular weight excluding hydrogens is 336 g/mol. The number of aromatic nitrogens is 2. The minimum absolute atomic E-state index is 0.0172. The molecule has 1 aliphatic rings. The maximum Gasteiger partial charge on any atom is 0.251 e. The molecule has 2 aromatic heterocycles. The zero-order chi connectivity index (χ0) is 17.8. The van der Waals surface area contributed by atoms with Crippen LogP contribution in [0.5, 0.6) is 0 Å². The van der Waals surface area contributed by atoms with Crippen molar-refractivity contribution in [2.75, 3.05) is 0 Å². The SMILES string of the molecule is Cc1ccc(/C(=C/C2CCCC2)c2ccc(CS(=O)O)nc2)[nH]c1=O. The molecule has 132 valence electrons. The maximum atomic E-state index is 12.0. The van der Waals surface area contributed by atoms with Crippen LogP contribution in [0, 0.1) is 12.8 Å². The van der Waals surface area contributed by atoms with Crippen LogP contribution in [-0.2, 0) is 16.8 Å². The minimum atomic E-state index is -1.90. The fraction of sp³-hybridized carbons (Fsp3) is 0.368. The topological polar surface area (TPSA) is 83.0 Å². The molecule has 0 spiro atoms. The van der Waals surface area contributed by atoms with Gasteiger partial charge in [-0.2, -0.15) is 0 Å². The molecule has 0 aliphatic heterocycles. The number of allylic oxidation sites excluding steroid dienone is 1. The molecule has 3 rings (SSSR count).